The smallest absolute Gasteiger partial charge is 0.270 e. The van der Waals surface area contributed by atoms with Crippen molar-refractivity contribution in [2.75, 3.05) is 5.32 Å². The highest BCUT2D eigenvalue weighted by Gasteiger charge is 2.25. The first-order valence-electron chi connectivity index (χ1n) is 11.0. The lowest BCUT2D eigenvalue weighted by atomic mass is 9.91. The lowest BCUT2D eigenvalue weighted by Crippen LogP contribution is -2.42. The predicted molar refractivity (Wildman–Crippen MR) is 126 cm³/mol. The Morgan fingerprint density at radius 1 is 1.12 bits per heavy atom. The van der Waals surface area contributed by atoms with Crippen LogP contribution in [0.5, 0.6) is 0 Å². The molecule has 1 aromatic carbocycles. The minimum absolute atomic E-state index is 0.0588. The van der Waals surface area contributed by atoms with E-state index < -0.39 is 11.6 Å². The van der Waals surface area contributed by atoms with Crippen LogP contribution in [0.3, 0.4) is 0 Å². The molecule has 174 valence electrons. The molecule has 1 saturated carbocycles. The van der Waals surface area contributed by atoms with Gasteiger partial charge in [-0.25, -0.2) is 18.7 Å². The van der Waals surface area contributed by atoms with Crippen LogP contribution < -0.4 is 10.6 Å². The summed E-state index contributed by atoms with van der Waals surface area (Å²) in [5.74, 6) is -1.01. The Labute approximate surface area is 199 Å². The van der Waals surface area contributed by atoms with E-state index in [2.05, 4.69) is 30.6 Å². The number of carbonyl (C=O) groups excluding carboxylic acids is 1. The Morgan fingerprint density at radius 2 is 1.97 bits per heavy atom. The van der Waals surface area contributed by atoms with E-state index >= 15 is 0 Å². The van der Waals surface area contributed by atoms with E-state index in [1.165, 1.54) is 6.07 Å². The highest BCUT2D eigenvalue weighted by molar-refractivity contribution is 6.31. The van der Waals surface area contributed by atoms with Gasteiger partial charge in [-0.2, -0.15) is 0 Å². The summed E-state index contributed by atoms with van der Waals surface area (Å²) in [6, 6.07) is 7.85. The molecular weight excluding hydrogens is 462 g/mol. The second-order valence-electron chi connectivity index (χ2n) is 8.30. The summed E-state index contributed by atoms with van der Waals surface area (Å²) >= 11 is 6.01. The highest BCUT2D eigenvalue weighted by atomic mass is 35.5. The van der Waals surface area contributed by atoms with Crippen molar-refractivity contribution in [2.45, 2.75) is 37.8 Å². The number of carbonyl (C=O) groups is 1. The average Bonchev–Trinajstić information content (AvgIpc) is 3.25. The zero-order valence-corrected chi connectivity index (χ0v) is 18.7. The first-order chi connectivity index (χ1) is 16.5. The van der Waals surface area contributed by atoms with E-state index in [-0.39, 0.29) is 40.2 Å². The lowest BCUT2D eigenvalue weighted by Gasteiger charge is -2.30. The zero-order valence-electron chi connectivity index (χ0n) is 18.0. The fourth-order valence-corrected chi connectivity index (χ4v) is 4.54. The number of benzene rings is 1. The van der Waals surface area contributed by atoms with Crippen LogP contribution >= 0.6 is 11.6 Å². The number of halogens is 3. The fraction of sp³-hybridized carbons (Fsp3) is 0.250. The van der Waals surface area contributed by atoms with Crippen LogP contribution in [0.4, 0.5) is 14.6 Å². The monoisotopic (exact) mass is 482 g/mol. The lowest BCUT2D eigenvalue weighted by molar-refractivity contribution is 0.0921. The zero-order chi connectivity index (χ0) is 23.7. The molecule has 5 rings (SSSR count). The molecule has 1 fully saturated rings. The Bertz CT molecular complexity index is 1350. The normalized spacial score (nSPS) is 18.1. The number of anilines is 1. The summed E-state index contributed by atoms with van der Waals surface area (Å²) in [4.78, 5) is 27.9. The molecule has 2 atom stereocenters. The molecule has 7 nitrogen and oxygen atoms in total. The van der Waals surface area contributed by atoms with Crippen molar-refractivity contribution in [1.29, 1.82) is 0 Å². The molecule has 1 aliphatic carbocycles. The second kappa shape index (κ2) is 9.34. The number of pyridine rings is 1. The van der Waals surface area contributed by atoms with E-state index in [0.29, 0.717) is 23.1 Å². The van der Waals surface area contributed by atoms with Crippen molar-refractivity contribution < 1.29 is 13.6 Å². The van der Waals surface area contributed by atoms with Gasteiger partial charge in [-0.1, -0.05) is 17.7 Å². The number of hydrogen-bond acceptors (Lipinski definition) is 5. The van der Waals surface area contributed by atoms with Crippen LogP contribution in [-0.2, 0) is 0 Å². The number of nitrogens with zero attached hydrogens (tertiary/aromatic N) is 3. The molecule has 3 heterocycles. The van der Waals surface area contributed by atoms with Gasteiger partial charge in [-0.05, 0) is 49.9 Å². The van der Waals surface area contributed by atoms with Gasteiger partial charge in [0.25, 0.3) is 5.91 Å². The quantitative estimate of drug-likeness (QED) is 0.367. The molecule has 4 aromatic rings. The van der Waals surface area contributed by atoms with E-state index in [0.717, 1.165) is 25.5 Å². The van der Waals surface area contributed by atoms with Gasteiger partial charge >= 0.3 is 0 Å². The molecule has 10 heteroatoms. The minimum atomic E-state index is -0.590. The largest absolute Gasteiger partial charge is 0.365 e. The van der Waals surface area contributed by atoms with Crippen molar-refractivity contribution in [3.05, 3.63) is 71.3 Å². The van der Waals surface area contributed by atoms with Crippen molar-refractivity contribution in [3.8, 4) is 11.4 Å². The third-order valence-electron chi connectivity index (χ3n) is 5.94. The molecule has 0 spiro atoms. The molecular formula is C24H21ClF2N6O. The maximum atomic E-state index is 14.6. The van der Waals surface area contributed by atoms with Gasteiger partial charge in [0, 0.05) is 40.4 Å². The maximum Gasteiger partial charge on any atom is 0.270 e. The topological polar surface area (TPSA) is 95.6 Å². The van der Waals surface area contributed by atoms with Crippen molar-refractivity contribution in [2.24, 2.45) is 0 Å². The van der Waals surface area contributed by atoms with Crippen LogP contribution in [0.2, 0.25) is 5.02 Å². The van der Waals surface area contributed by atoms with Gasteiger partial charge < -0.3 is 15.6 Å². The molecule has 0 bridgehead atoms. The van der Waals surface area contributed by atoms with Crippen LogP contribution in [0, 0.1) is 11.6 Å². The molecule has 1 amide bonds. The Balaban J connectivity index is 1.33. The molecule has 0 unspecified atom stereocenters. The second-order valence-corrected chi connectivity index (χ2v) is 8.73. The number of rotatable bonds is 5. The average molecular weight is 483 g/mol. The fourth-order valence-electron chi connectivity index (χ4n) is 4.34. The first kappa shape index (κ1) is 22.2. The summed E-state index contributed by atoms with van der Waals surface area (Å²) in [6.07, 6.45) is 7.36. The van der Waals surface area contributed by atoms with Crippen LogP contribution in [0.15, 0.2) is 48.9 Å². The Morgan fingerprint density at radius 3 is 2.79 bits per heavy atom. The van der Waals surface area contributed by atoms with Crippen molar-refractivity contribution >= 4 is 34.2 Å². The Hall–Kier alpha value is -3.59. The van der Waals surface area contributed by atoms with Crippen LogP contribution in [0.1, 0.15) is 36.2 Å². The third kappa shape index (κ3) is 4.56. The number of nitrogens with one attached hydrogen (secondary N) is 3. The molecule has 3 N–H and O–H groups in total. The molecule has 1 aliphatic rings. The van der Waals surface area contributed by atoms with Crippen molar-refractivity contribution in [3.63, 3.8) is 0 Å². The molecule has 0 saturated heterocycles. The first-order valence-corrected chi connectivity index (χ1v) is 11.3. The van der Waals surface area contributed by atoms with E-state index in [9.17, 15) is 13.6 Å². The summed E-state index contributed by atoms with van der Waals surface area (Å²) in [5.41, 5.74) is 1.16. The van der Waals surface area contributed by atoms with Gasteiger partial charge in [0.15, 0.2) is 17.5 Å². The number of aromatic nitrogens is 4. The van der Waals surface area contributed by atoms with E-state index in [4.69, 9.17) is 11.6 Å². The van der Waals surface area contributed by atoms with E-state index in [1.807, 2.05) is 0 Å². The SMILES string of the molecule is O=C(N[C@@H]1CCC[C@H](Nc2nc(-c3c[nH]c4c(F)cc(Cl)cc34)ncc2F)C1)c1ccccn1. The molecule has 0 radical (unpaired) electrons. The van der Waals surface area contributed by atoms with Crippen LogP contribution in [0.25, 0.3) is 22.3 Å². The maximum absolute atomic E-state index is 14.6. The summed E-state index contributed by atoms with van der Waals surface area (Å²) in [6.45, 7) is 0. The summed E-state index contributed by atoms with van der Waals surface area (Å²) in [7, 11) is 0. The van der Waals surface area contributed by atoms with Gasteiger partial charge in [0.2, 0.25) is 0 Å². The highest BCUT2D eigenvalue weighted by Crippen LogP contribution is 2.31. The number of amides is 1. The molecule has 0 aliphatic heterocycles. The van der Waals surface area contributed by atoms with Crippen molar-refractivity contribution in [1.82, 2.24) is 25.3 Å². The standard InChI is InChI=1S/C24H21ClF2N6O/c25-13-8-16-17(11-29-21(16)18(26)9-13)22-30-12-19(27)23(33-22)31-14-4-3-5-15(10-14)32-24(34)20-6-1-2-7-28-20/h1-2,6-9,11-12,14-15,29H,3-5,10H2,(H,32,34)(H,30,31,33)/t14-,15+/m0/s1. The van der Waals surface area contributed by atoms with E-state index in [1.54, 1.807) is 36.7 Å². The predicted octanol–water partition coefficient (Wildman–Crippen LogP) is 5.10. The van der Waals surface area contributed by atoms with Gasteiger partial charge in [0.05, 0.1) is 11.7 Å². The van der Waals surface area contributed by atoms with Crippen LogP contribution in [-0.4, -0.2) is 37.9 Å². The summed E-state index contributed by atoms with van der Waals surface area (Å²) in [5, 5.41) is 6.93. The Kier molecular flexibility index (Phi) is 6.10. The third-order valence-corrected chi connectivity index (χ3v) is 6.16. The summed E-state index contributed by atoms with van der Waals surface area (Å²) < 4.78 is 28.8. The van der Waals surface area contributed by atoms with Gasteiger partial charge in [0.1, 0.15) is 11.5 Å². The number of hydrogen-bond donors (Lipinski definition) is 3. The van der Waals surface area contributed by atoms with Gasteiger partial charge in [-0.3, -0.25) is 9.78 Å². The van der Waals surface area contributed by atoms with Gasteiger partial charge in [-0.15, -0.1) is 0 Å². The minimum Gasteiger partial charge on any atom is -0.365 e. The number of H-pyrrole nitrogens is 1. The number of fused-ring (bicyclic) bond motifs is 1. The molecule has 34 heavy (non-hydrogen) atoms. The molecule has 3 aromatic heterocycles. The number of aromatic amines is 1.